The Balaban J connectivity index is 1.60. The maximum absolute atomic E-state index is 12.8. The first-order valence-electron chi connectivity index (χ1n) is 8.79. The lowest BCUT2D eigenvalue weighted by Crippen LogP contribution is -2.52. The van der Waals surface area contributed by atoms with Crippen molar-refractivity contribution in [3.05, 3.63) is 28.7 Å². The molecule has 0 saturated carbocycles. The summed E-state index contributed by atoms with van der Waals surface area (Å²) in [6.07, 6.45) is 0. The van der Waals surface area contributed by atoms with Gasteiger partial charge in [0.15, 0.2) is 0 Å². The predicted molar refractivity (Wildman–Crippen MR) is 103 cm³/mol. The number of hydrogen-bond acceptors (Lipinski definition) is 5. The minimum Gasteiger partial charge on any atom is -0.302 e. The van der Waals surface area contributed by atoms with Gasteiger partial charge in [0.2, 0.25) is 10.0 Å². The monoisotopic (exact) mass is 458 g/mol. The van der Waals surface area contributed by atoms with Crippen LogP contribution in [0.4, 0.5) is 4.79 Å². The number of nitrogens with zero attached hydrogens (tertiary/aromatic N) is 4. The van der Waals surface area contributed by atoms with Gasteiger partial charge in [-0.25, -0.2) is 13.2 Å². The van der Waals surface area contributed by atoms with Gasteiger partial charge in [0.25, 0.3) is 5.91 Å². The first-order valence-corrected chi connectivity index (χ1v) is 11.0. The molecule has 27 heavy (non-hydrogen) atoms. The van der Waals surface area contributed by atoms with Crippen LogP contribution in [0.5, 0.6) is 0 Å². The number of halogens is 1. The largest absolute Gasteiger partial charge is 0.328 e. The van der Waals surface area contributed by atoms with Crippen LogP contribution in [-0.4, -0.2) is 84.8 Å². The minimum absolute atomic E-state index is 0.0770. The highest BCUT2D eigenvalue weighted by Crippen LogP contribution is 2.22. The van der Waals surface area contributed by atoms with Crippen LogP contribution in [0, 0.1) is 0 Å². The molecule has 2 aliphatic heterocycles. The van der Waals surface area contributed by atoms with Crippen LogP contribution in [0.25, 0.3) is 0 Å². The third-order valence-electron chi connectivity index (χ3n) is 4.72. The number of amides is 3. The van der Waals surface area contributed by atoms with Gasteiger partial charge >= 0.3 is 6.03 Å². The van der Waals surface area contributed by atoms with Crippen LogP contribution in [0.1, 0.15) is 13.8 Å². The van der Waals surface area contributed by atoms with Gasteiger partial charge in [0.1, 0.15) is 6.54 Å². The molecule has 0 spiro atoms. The number of urea groups is 1. The van der Waals surface area contributed by atoms with Crippen molar-refractivity contribution in [2.75, 3.05) is 39.4 Å². The summed E-state index contributed by atoms with van der Waals surface area (Å²) < 4.78 is 27.7. The van der Waals surface area contributed by atoms with Crippen molar-refractivity contribution in [3.63, 3.8) is 0 Å². The number of carbonyl (C=O) groups excluding carboxylic acids is 2. The number of imide groups is 1. The van der Waals surface area contributed by atoms with Gasteiger partial charge in [0.05, 0.1) is 11.6 Å². The van der Waals surface area contributed by atoms with Gasteiger partial charge in [-0.3, -0.25) is 14.6 Å². The fourth-order valence-corrected chi connectivity index (χ4v) is 5.33. The van der Waals surface area contributed by atoms with Crippen molar-refractivity contribution < 1.29 is 18.0 Å². The van der Waals surface area contributed by atoms with Crippen molar-refractivity contribution in [2.24, 2.45) is 0 Å². The molecule has 1 aromatic rings. The third kappa shape index (κ3) is 4.18. The minimum atomic E-state index is -3.54. The number of sulfonamides is 1. The van der Waals surface area contributed by atoms with Crippen molar-refractivity contribution >= 4 is 37.9 Å². The van der Waals surface area contributed by atoms with E-state index in [1.807, 2.05) is 18.7 Å². The van der Waals surface area contributed by atoms with E-state index >= 15 is 0 Å². The van der Waals surface area contributed by atoms with Crippen molar-refractivity contribution in [3.8, 4) is 0 Å². The van der Waals surface area contributed by atoms with E-state index in [-0.39, 0.29) is 29.4 Å². The maximum atomic E-state index is 12.8. The molecule has 2 aliphatic rings. The van der Waals surface area contributed by atoms with E-state index in [2.05, 4.69) is 15.9 Å². The van der Waals surface area contributed by atoms with Gasteiger partial charge in [-0.2, -0.15) is 4.31 Å². The molecule has 0 aliphatic carbocycles. The standard InChI is InChI=1S/C17H23BrN4O4S/c1-13(2)22-16(23)11-20(17(22)24)12-19-6-8-21(9-7-19)27(25,26)15-5-3-4-14(18)10-15/h3-5,10,13H,6-9,11-12H2,1-2H3. The summed E-state index contributed by atoms with van der Waals surface area (Å²) in [6, 6.07) is 6.22. The number of carbonyl (C=O) groups is 2. The molecular formula is C17H23BrN4O4S. The lowest BCUT2D eigenvalue weighted by atomic mass is 10.3. The summed E-state index contributed by atoms with van der Waals surface area (Å²) in [5.74, 6) is -0.189. The zero-order chi connectivity index (χ0) is 19.8. The Kier molecular flexibility index (Phi) is 5.90. The fraction of sp³-hybridized carbons (Fsp3) is 0.529. The Morgan fingerprint density at radius 3 is 2.33 bits per heavy atom. The molecule has 2 heterocycles. The average molecular weight is 459 g/mol. The first-order chi connectivity index (χ1) is 12.7. The maximum Gasteiger partial charge on any atom is 0.328 e. The molecular weight excluding hydrogens is 436 g/mol. The molecule has 2 fully saturated rings. The number of benzene rings is 1. The van der Waals surface area contributed by atoms with E-state index in [4.69, 9.17) is 0 Å². The number of hydrogen-bond donors (Lipinski definition) is 0. The highest BCUT2D eigenvalue weighted by atomic mass is 79.9. The Morgan fingerprint density at radius 2 is 1.78 bits per heavy atom. The summed E-state index contributed by atoms with van der Waals surface area (Å²) in [5, 5.41) is 0. The molecule has 3 rings (SSSR count). The van der Waals surface area contributed by atoms with E-state index in [1.165, 1.54) is 14.1 Å². The van der Waals surface area contributed by atoms with Gasteiger partial charge in [-0.1, -0.05) is 22.0 Å². The van der Waals surface area contributed by atoms with Crippen LogP contribution < -0.4 is 0 Å². The summed E-state index contributed by atoms with van der Waals surface area (Å²) in [4.78, 5) is 29.4. The second-order valence-electron chi connectivity index (χ2n) is 6.96. The predicted octanol–water partition coefficient (Wildman–Crippen LogP) is 1.39. The Labute approximate surface area is 167 Å². The molecule has 148 valence electrons. The van der Waals surface area contributed by atoms with E-state index in [1.54, 1.807) is 24.3 Å². The second kappa shape index (κ2) is 7.86. The van der Waals surface area contributed by atoms with E-state index < -0.39 is 10.0 Å². The number of rotatable bonds is 5. The molecule has 0 radical (unpaired) electrons. The molecule has 0 aromatic heterocycles. The second-order valence-corrected chi connectivity index (χ2v) is 9.81. The molecule has 0 atom stereocenters. The molecule has 3 amide bonds. The van der Waals surface area contributed by atoms with Crippen LogP contribution >= 0.6 is 15.9 Å². The molecule has 0 N–H and O–H groups in total. The molecule has 0 unspecified atom stereocenters. The number of piperazine rings is 1. The van der Waals surface area contributed by atoms with E-state index in [9.17, 15) is 18.0 Å². The van der Waals surface area contributed by atoms with Crippen LogP contribution in [0.3, 0.4) is 0 Å². The summed E-state index contributed by atoms with van der Waals surface area (Å²) in [5.41, 5.74) is 0. The topological polar surface area (TPSA) is 81.2 Å². The SMILES string of the molecule is CC(C)N1C(=O)CN(CN2CCN(S(=O)(=O)c3cccc(Br)c3)CC2)C1=O. The van der Waals surface area contributed by atoms with Crippen LogP contribution in [-0.2, 0) is 14.8 Å². The zero-order valence-corrected chi connectivity index (χ0v) is 17.7. The van der Waals surface area contributed by atoms with E-state index in [0.29, 0.717) is 37.3 Å². The Morgan fingerprint density at radius 1 is 1.11 bits per heavy atom. The van der Waals surface area contributed by atoms with Crippen LogP contribution in [0.15, 0.2) is 33.6 Å². The average Bonchev–Trinajstić information content (AvgIpc) is 2.89. The van der Waals surface area contributed by atoms with Crippen LogP contribution in [0.2, 0.25) is 0 Å². The van der Waals surface area contributed by atoms with Gasteiger partial charge < -0.3 is 4.90 Å². The van der Waals surface area contributed by atoms with E-state index in [0.717, 1.165) is 0 Å². The molecule has 1 aromatic carbocycles. The molecule has 10 heteroatoms. The molecule has 2 saturated heterocycles. The van der Waals surface area contributed by atoms with Crippen molar-refractivity contribution in [1.29, 1.82) is 0 Å². The lowest BCUT2D eigenvalue weighted by molar-refractivity contribution is -0.126. The normalized spacial score (nSPS) is 20.1. The summed E-state index contributed by atoms with van der Waals surface area (Å²) >= 11 is 3.30. The van der Waals surface area contributed by atoms with Gasteiger partial charge in [-0.15, -0.1) is 0 Å². The quantitative estimate of drug-likeness (QED) is 0.622. The molecule has 0 bridgehead atoms. The third-order valence-corrected chi connectivity index (χ3v) is 7.11. The highest BCUT2D eigenvalue weighted by Gasteiger charge is 2.39. The summed E-state index contributed by atoms with van der Waals surface area (Å²) in [6.45, 7) is 5.74. The van der Waals surface area contributed by atoms with Crippen molar-refractivity contribution in [2.45, 2.75) is 24.8 Å². The first kappa shape index (κ1) is 20.2. The lowest BCUT2D eigenvalue weighted by Gasteiger charge is -2.35. The Hall–Kier alpha value is -1.49. The fourth-order valence-electron chi connectivity index (χ4n) is 3.31. The van der Waals surface area contributed by atoms with Crippen molar-refractivity contribution in [1.82, 2.24) is 19.0 Å². The zero-order valence-electron chi connectivity index (χ0n) is 15.3. The molecule has 8 nitrogen and oxygen atoms in total. The van der Waals surface area contributed by atoms with Gasteiger partial charge in [0, 0.05) is 36.7 Å². The Bertz CT molecular complexity index is 837. The summed E-state index contributed by atoms with van der Waals surface area (Å²) in [7, 11) is -3.54. The smallest absolute Gasteiger partial charge is 0.302 e. The highest BCUT2D eigenvalue weighted by molar-refractivity contribution is 9.10. The van der Waals surface area contributed by atoms with Gasteiger partial charge in [-0.05, 0) is 32.0 Å².